The number of ether oxygens (including phenoxy) is 9. The van der Waals surface area contributed by atoms with E-state index in [0.29, 0.717) is 0 Å². The lowest BCUT2D eigenvalue weighted by Crippen LogP contribution is -2.70. The summed E-state index contributed by atoms with van der Waals surface area (Å²) in [5.41, 5.74) is 11.9. The van der Waals surface area contributed by atoms with Crippen molar-refractivity contribution in [3.05, 3.63) is 0 Å². The van der Waals surface area contributed by atoms with Crippen LogP contribution in [-0.4, -0.2) is 212 Å². The molecular weight excluding hydrogens is 708 g/mol. The Morgan fingerprint density at radius 1 is 0.431 bits per heavy atom. The molecule has 0 spiro atoms. The molecule has 0 amide bonds. The van der Waals surface area contributed by atoms with Gasteiger partial charge in [0.25, 0.3) is 0 Å². The van der Waals surface area contributed by atoms with E-state index in [0.717, 1.165) is 14.2 Å². The Balaban J connectivity index is 1.51. The third-order valence-corrected chi connectivity index (χ3v) is 8.69. The summed E-state index contributed by atoms with van der Waals surface area (Å²) in [6.07, 6.45) is -36.7. The number of hydrogen-bond donors (Lipinski definition) is 12. The third-order valence-electron chi connectivity index (χ3n) is 8.69. The molecule has 8 unspecified atom stereocenters. The zero-order valence-corrected chi connectivity index (χ0v) is 26.5. The number of aliphatic hydroxyl groups is 6. The SMILES string of the molecule is CO[C@H]1OC(C(=O)O)[C@H](O[C@@H]2OC(C(=O)O)[C@@H](O[C@@H]3O[C@@H](C(=O)O)[C@@H](O[C@@H]4OC(C(=O)O)[C@@H](OC)C(O)[C@@H]4O)C(O)C3O)[C@H](O)C2N)[C@@H](O)C1N. The highest BCUT2D eigenvalue weighted by atomic mass is 16.8. The Hall–Kier alpha value is -2.80. The molecule has 4 aliphatic heterocycles. The van der Waals surface area contributed by atoms with Crippen molar-refractivity contribution in [1.82, 2.24) is 0 Å². The van der Waals surface area contributed by atoms with E-state index in [-0.39, 0.29) is 0 Å². The number of hydrogen-bond acceptors (Lipinski definition) is 21. The Kier molecular flexibility index (Phi) is 13.2. The van der Waals surface area contributed by atoms with E-state index in [9.17, 15) is 70.2 Å². The Bertz CT molecular complexity index is 1260. The van der Waals surface area contributed by atoms with Gasteiger partial charge < -0.3 is 105 Å². The van der Waals surface area contributed by atoms with Crippen LogP contribution in [-0.2, 0) is 61.8 Å². The summed E-state index contributed by atoms with van der Waals surface area (Å²) in [6.45, 7) is 0. The molecule has 0 bridgehead atoms. The minimum absolute atomic E-state index is 1.01. The minimum Gasteiger partial charge on any atom is -0.479 e. The third kappa shape index (κ3) is 8.09. The van der Waals surface area contributed by atoms with Crippen molar-refractivity contribution in [1.29, 1.82) is 0 Å². The second-order valence-electron chi connectivity index (χ2n) is 11.9. The normalized spacial score (nSPS) is 47.7. The molecule has 4 aliphatic rings. The first-order valence-electron chi connectivity index (χ1n) is 15.0. The molecular formula is C26H40N2O23. The van der Waals surface area contributed by atoms with E-state index in [4.69, 9.17) is 54.1 Å². The van der Waals surface area contributed by atoms with Gasteiger partial charge in [0.2, 0.25) is 0 Å². The highest BCUT2D eigenvalue weighted by Crippen LogP contribution is 2.34. The van der Waals surface area contributed by atoms with Crippen molar-refractivity contribution in [2.45, 2.75) is 123 Å². The van der Waals surface area contributed by atoms with Crippen LogP contribution in [0.4, 0.5) is 0 Å². The van der Waals surface area contributed by atoms with Crippen molar-refractivity contribution in [3.8, 4) is 0 Å². The highest BCUT2D eigenvalue weighted by molar-refractivity contribution is 5.75. The summed E-state index contributed by atoms with van der Waals surface area (Å²) in [6, 6.07) is -3.19. The van der Waals surface area contributed by atoms with Gasteiger partial charge in [0.1, 0.15) is 61.0 Å². The van der Waals surface area contributed by atoms with E-state index in [1.54, 1.807) is 0 Å². The molecule has 51 heavy (non-hydrogen) atoms. The largest absolute Gasteiger partial charge is 0.479 e. The molecule has 14 N–H and O–H groups in total. The molecule has 0 aromatic carbocycles. The summed E-state index contributed by atoms with van der Waals surface area (Å²) in [7, 11) is 2.13. The minimum atomic E-state index is -2.34. The van der Waals surface area contributed by atoms with Gasteiger partial charge >= 0.3 is 23.9 Å². The second kappa shape index (κ2) is 16.5. The van der Waals surface area contributed by atoms with Crippen LogP contribution in [0.2, 0.25) is 0 Å². The van der Waals surface area contributed by atoms with Crippen LogP contribution >= 0.6 is 0 Å². The summed E-state index contributed by atoms with van der Waals surface area (Å²) < 4.78 is 46.9. The standard InChI is InChI=1S/C26H40N2O23/c1-43-11-7(31)9(33)25(50-15(11)19(35)36)47-14-8(32)10(34)26(51-18(14)22(41)42)46-13-6(30)4(28)24(49-17(13)21(39)40)45-12-5(29)3(27)23(44-2)48-16(12)20(37)38/h3-18,23-26,29-34H,27-28H2,1-2H3,(H,35,36)(H,37,38)(H,39,40)(H,41,42)/t3?,4?,5-,6+,7?,8?,9-,10?,11-,12+,13-,14-,15?,16?,17?,18+,23-,24+,25+,26+/m0/s1. The van der Waals surface area contributed by atoms with Crippen molar-refractivity contribution in [2.75, 3.05) is 14.2 Å². The lowest BCUT2D eigenvalue weighted by molar-refractivity contribution is -0.369. The van der Waals surface area contributed by atoms with Crippen LogP contribution in [0.15, 0.2) is 0 Å². The molecule has 4 rings (SSSR count). The van der Waals surface area contributed by atoms with Crippen LogP contribution in [0.3, 0.4) is 0 Å². The number of nitrogens with two attached hydrogens (primary N) is 2. The highest BCUT2D eigenvalue weighted by Gasteiger charge is 2.58. The van der Waals surface area contributed by atoms with Crippen molar-refractivity contribution in [3.63, 3.8) is 0 Å². The van der Waals surface area contributed by atoms with Gasteiger partial charge in [0.15, 0.2) is 49.6 Å². The Morgan fingerprint density at radius 2 is 0.725 bits per heavy atom. The van der Waals surface area contributed by atoms with Crippen molar-refractivity contribution >= 4 is 23.9 Å². The molecule has 0 aromatic heterocycles. The molecule has 4 saturated heterocycles. The average molecular weight is 749 g/mol. The predicted molar refractivity (Wildman–Crippen MR) is 150 cm³/mol. The van der Waals surface area contributed by atoms with Gasteiger partial charge in [-0.3, -0.25) is 0 Å². The number of methoxy groups -OCH3 is 2. The topological polar surface area (TPSA) is 406 Å². The van der Waals surface area contributed by atoms with Gasteiger partial charge in [-0.2, -0.15) is 0 Å². The lowest BCUT2D eigenvalue weighted by Gasteiger charge is -2.48. The molecule has 0 radical (unpaired) electrons. The number of rotatable bonds is 12. The molecule has 25 nitrogen and oxygen atoms in total. The zero-order chi connectivity index (χ0) is 38.2. The summed E-state index contributed by atoms with van der Waals surface area (Å²) >= 11 is 0. The molecule has 4 heterocycles. The van der Waals surface area contributed by atoms with E-state index in [1.807, 2.05) is 0 Å². The summed E-state index contributed by atoms with van der Waals surface area (Å²) in [5, 5.41) is 103. The number of aliphatic carboxylic acids is 4. The maximum absolute atomic E-state index is 12.2. The fourth-order valence-corrected chi connectivity index (χ4v) is 5.96. The molecule has 0 saturated carbocycles. The maximum atomic E-state index is 12.2. The van der Waals surface area contributed by atoms with Gasteiger partial charge in [-0.1, -0.05) is 0 Å². The molecule has 4 fully saturated rings. The first-order valence-corrected chi connectivity index (χ1v) is 15.0. The van der Waals surface area contributed by atoms with Gasteiger partial charge in [-0.25, -0.2) is 19.2 Å². The first kappa shape index (κ1) is 41.0. The first-order chi connectivity index (χ1) is 23.9. The van der Waals surface area contributed by atoms with E-state index in [2.05, 4.69) is 0 Å². The summed E-state index contributed by atoms with van der Waals surface area (Å²) in [5.74, 6) is -7.10. The quantitative estimate of drug-likeness (QED) is 0.0881. The smallest absolute Gasteiger partial charge is 0.335 e. The monoisotopic (exact) mass is 748 g/mol. The Labute approximate surface area is 285 Å². The molecule has 0 aliphatic carbocycles. The van der Waals surface area contributed by atoms with Gasteiger partial charge in [-0.15, -0.1) is 0 Å². The van der Waals surface area contributed by atoms with Crippen LogP contribution in [0.25, 0.3) is 0 Å². The fourth-order valence-electron chi connectivity index (χ4n) is 5.96. The van der Waals surface area contributed by atoms with E-state index < -0.39 is 147 Å². The molecule has 0 aromatic rings. The van der Waals surface area contributed by atoms with E-state index >= 15 is 0 Å². The van der Waals surface area contributed by atoms with Crippen LogP contribution in [0.1, 0.15) is 0 Å². The molecule has 20 atom stereocenters. The van der Waals surface area contributed by atoms with Gasteiger partial charge in [0, 0.05) is 14.2 Å². The van der Waals surface area contributed by atoms with Gasteiger partial charge in [-0.05, 0) is 0 Å². The molecule has 292 valence electrons. The van der Waals surface area contributed by atoms with E-state index in [1.165, 1.54) is 0 Å². The number of carboxylic acids is 4. The fraction of sp³-hybridized carbons (Fsp3) is 0.846. The van der Waals surface area contributed by atoms with Crippen LogP contribution in [0.5, 0.6) is 0 Å². The van der Waals surface area contributed by atoms with Crippen LogP contribution < -0.4 is 11.5 Å². The maximum Gasteiger partial charge on any atom is 0.335 e. The number of carbonyl (C=O) groups is 4. The van der Waals surface area contributed by atoms with Crippen LogP contribution in [0, 0.1) is 0 Å². The predicted octanol–water partition coefficient (Wildman–Crippen LogP) is -8.14. The molecule has 25 heteroatoms. The van der Waals surface area contributed by atoms with Crippen molar-refractivity contribution in [2.24, 2.45) is 11.5 Å². The van der Waals surface area contributed by atoms with Crippen molar-refractivity contribution < 1.29 is 113 Å². The number of carboxylic acid groups (broad SMARTS) is 4. The average Bonchev–Trinajstić information content (AvgIpc) is 3.07. The number of aliphatic hydroxyl groups excluding tert-OH is 6. The zero-order valence-electron chi connectivity index (χ0n) is 26.5. The second-order valence-corrected chi connectivity index (χ2v) is 11.9. The van der Waals surface area contributed by atoms with Gasteiger partial charge in [0.05, 0.1) is 12.1 Å². The summed E-state index contributed by atoms with van der Waals surface area (Å²) in [4.78, 5) is 47.9. The lowest BCUT2D eigenvalue weighted by atomic mass is 9.94. The Morgan fingerprint density at radius 3 is 1.10 bits per heavy atom.